The minimum Gasteiger partial charge on any atom is -0.317 e. The van der Waals surface area contributed by atoms with Gasteiger partial charge in [0, 0.05) is 9.58 Å². The zero-order valence-corrected chi connectivity index (χ0v) is 13.6. The average Bonchev–Trinajstić information content (AvgIpc) is 3.20. The fourth-order valence-corrected chi connectivity index (χ4v) is 3.70. The molecule has 1 unspecified atom stereocenters. The van der Waals surface area contributed by atoms with E-state index in [1.54, 1.807) is 4.80 Å². The Morgan fingerprint density at radius 1 is 1.27 bits per heavy atom. The van der Waals surface area contributed by atoms with Crippen LogP contribution in [0, 0.1) is 0 Å². The molecule has 0 aliphatic heterocycles. The zero-order valence-electron chi connectivity index (χ0n) is 12.8. The number of unbranched alkanes of at least 4 members (excludes halogenated alkanes) is 1. The number of tetrazole rings is 1. The molecule has 0 fully saturated rings. The molecular weight excluding hydrogens is 294 g/mol. The van der Waals surface area contributed by atoms with E-state index in [1.807, 2.05) is 11.3 Å². The molecule has 0 saturated carbocycles. The van der Waals surface area contributed by atoms with Gasteiger partial charge in [0.25, 0.3) is 0 Å². The summed E-state index contributed by atoms with van der Waals surface area (Å²) in [5.41, 5.74) is 0. The fraction of sp³-hybridized carbons (Fsp3) is 0.438. The van der Waals surface area contributed by atoms with Crippen molar-refractivity contribution >= 4 is 21.4 Å². The Bertz CT molecular complexity index is 658. The van der Waals surface area contributed by atoms with Gasteiger partial charge >= 0.3 is 0 Å². The van der Waals surface area contributed by atoms with E-state index >= 15 is 0 Å². The first kappa shape index (κ1) is 15.1. The number of rotatable bonds is 8. The number of benzene rings is 1. The Labute approximate surface area is 134 Å². The summed E-state index contributed by atoms with van der Waals surface area (Å²) >= 11 is 1.82. The SMILES string of the molecule is CCCCNCCC(c1cc2ccccc2s1)n1ncnn1. The number of hydrogen-bond acceptors (Lipinski definition) is 5. The molecule has 0 aliphatic rings. The maximum atomic E-state index is 4.25. The van der Waals surface area contributed by atoms with Crippen molar-refractivity contribution in [2.45, 2.75) is 32.2 Å². The second kappa shape index (κ2) is 7.47. The molecule has 0 amide bonds. The molecule has 2 aromatic heterocycles. The highest BCUT2D eigenvalue weighted by atomic mass is 32.1. The van der Waals surface area contributed by atoms with Crippen LogP contribution < -0.4 is 5.32 Å². The van der Waals surface area contributed by atoms with Crippen LogP contribution in [-0.2, 0) is 0 Å². The van der Waals surface area contributed by atoms with Gasteiger partial charge in [-0.3, -0.25) is 0 Å². The van der Waals surface area contributed by atoms with E-state index in [0.29, 0.717) is 0 Å². The van der Waals surface area contributed by atoms with Crippen LogP contribution in [0.3, 0.4) is 0 Å². The first-order valence-electron chi connectivity index (χ1n) is 7.80. The summed E-state index contributed by atoms with van der Waals surface area (Å²) in [6, 6.07) is 10.9. The van der Waals surface area contributed by atoms with E-state index in [1.165, 1.54) is 34.1 Å². The lowest BCUT2D eigenvalue weighted by atomic mass is 10.1. The number of nitrogens with zero attached hydrogens (tertiary/aromatic N) is 4. The summed E-state index contributed by atoms with van der Waals surface area (Å²) in [7, 11) is 0. The quantitative estimate of drug-likeness (QED) is 0.648. The molecule has 0 bridgehead atoms. The van der Waals surface area contributed by atoms with Crippen molar-refractivity contribution in [3.63, 3.8) is 0 Å². The van der Waals surface area contributed by atoms with Gasteiger partial charge in [0.15, 0.2) is 6.33 Å². The van der Waals surface area contributed by atoms with Crippen molar-refractivity contribution in [1.29, 1.82) is 0 Å². The van der Waals surface area contributed by atoms with Crippen LogP contribution in [0.25, 0.3) is 10.1 Å². The van der Waals surface area contributed by atoms with Crippen molar-refractivity contribution in [3.8, 4) is 0 Å². The highest BCUT2D eigenvalue weighted by Gasteiger charge is 2.18. The molecule has 1 aromatic carbocycles. The van der Waals surface area contributed by atoms with Gasteiger partial charge < -0.3 is 5.32 Å². The molecule has 22 heavy (non-hydrogen) atoms. The van der Waals surface area contributed by atoms with E-state index in [9.17, 15) is 0 Å². The second-order valence-electron chi connectivity index (χ2n) is 5.35. The molecule has 1 atom stereocenters. The summed E-state index contributed by atoms with van der Waals surface area (Å²) in [5.74, 6) is 0. The Balaban J connectivity index is 1.76. The van der Waals surface area contributed by atoms with Crippen LogP contribution in [-0.4, -0.2) is 33.3 Å². The molecule has 5 nitrogen and oxygen atoms in total. The lowest BCUT2D eigenvalue weighted by Crippen LogP contribution is -2.22. The number of nitrogens with one attached hydrogen (secondary N) is 1. The predicted molar refractivity (Wildman–Crippen MR) is 90.2 cm³/mol. The maximum absolute atomic E-state index is 4.25. The van der Waals surface area contributed by atoms with Crippen LogP contribution in [0.2, 0.25) is 0 Å². The Hall–Kier alpha value is -1.79. The van der Waals surface area contributed by atoms with E-state index < -0.39 is 0 Å². The van der Waals surface area contributed by atoms with Gasteiger partial charge in [0.05, 0.1) is 0 Å². The summed E-state index contributed by atoms with van der Waals surface area (Å²) in [4.78, 5) is 3.02. The maximum Gasteiger partial charge on any atom is 0.162 e. The molecule has 0 aliphatic carbocycles. The third-order valence-electron chi connectivity index (χ3n) is 3.72. The minimum atomic E-state index is 0.147. The van der Waals surface area contributed by atoms with Gasteiger partial charge in [-0.15, -0.1) is 21.5 Å². The van der Waals surface area contributed by atoms with Crippen LogP contribution in [0.1, 0.15) is 37.1 Å². The number of aromatic nitrogens is 4. The number of thiophene rings is 1. The van der Waals surface area contributed by atoms with Crippen LogP contribution in [0.15, 0.2) is 36.7 Å². The van der Waals surface area contributed by atoms with Gasteiger partial charge in [-0.05, 0) is 48.7 Å². The van der Waals surface area contributed by atoms with Crippen molar-refractivity contribution in [2.75, 3.05) is 13.1 Å². The first-order valence-corrected chi connectivity index (χ1v) is 8.62. The number of fused-ring (bicyclic) bond motifs is 1. The molecule has 116 valence electrons. The molecular formula is C16H21N5S. The summed E-state index contributed by atoms with van der Waals surface area (Å²) in [6.07, 6.45) is 4.91. The average molecular weight is 315 g/mol. The van der Waals surface area contributed by atoms with E-state index in [2.05, 4.69) is 58.0 Å². The molecule has 2 heterocycles. The minimum absolute atomic E-state index is 0.147. The smallest absolute Gasteiger partial charge is 0.162 e. The molecule has 0 saturated heterocycles. The summed E-state index contributed by atoms with van der Waals surface area (Å²) in [5, 5.41) is 17.0. The molecule has 3 rings (SSSR count). The van der Waals surface area contributed by atoms with E-state index in [0.717, 1.165) is 19.5 Å². The monoisotopic (exact) mass is 315 g/mol. The summed E-state index contributed by atoms with van der Waals surface area (Å²) < 4.78 is 1.31. The van der Waals surface area contributed by atoms with Crippen LogP contribution in [0.5, 0.6) is 0 Å². The van der Waals surface area contributed by atoms with Crippen molar-refractivity contribution < 1.29 is 0 Å². The van der Waals surface area contributed by atoms with Crippen LogP contribution >= 0.6 is 11.3 Å². The third kappa shape index (κ3) is 3.51. The zero-order chi connectivity index (χ0) is 15.2. The fourth-order valence-electron chi connectivity index (χ4n) is 2.52. The molecule has 3 aromatic rings. The van der Waals surface area contributed by atoms with Gasteiger partial charge in [-0.1, -0.05) is 31.5 Å². The predicted octanol–water partition coefficient (Wildman–Crippen LogP) is 3.26. The highest BCUT2D eigenvalue weighted by molar-refractivity contribution is 7.19. The largest absolute Gasteiger partial charge is 0.317 e. The van der Waals surface area contributed by atoms with Gasteiger partial charge in [-0.25, -0.2) is 0 Å². The third-order valence-corrected chi connectivity index (χ3v) is 4.94. The Morgan fingerprint density at radius 2 is 2.18 bits per heavy atom. The molecule has 0 spiro atoms. The topological polar surface area (TPSA) is 55.6 Å². The normalized spacial score (nSPS) is 12.8. The van der Waals surface area contributed by atoms with Crippen LogP contribution in [0.4, 0.5) is 0 Å². The van der Waals surface area contributed by atoms with E-state index in [-0.39, 0.29) is 6.04 Å². The van der Waals surface area contributed by atoms with Gasteiger partial charge in [0.1, 0.15) is 6.04 Å². The second-order valence-corrected chi connectivity index (χ2v) is 6.47. The summed E-state index contributed by atoms with van der Waals surface area (Å²) in [6.45, 7) is 4.24. The molecule has 6 heteroatoms. The standard InChI is InChI=1S/C16H21N5S/c1-2-3-9-17-10-8-14(21-19-12-18-20-21)16-11-13-6-4-5-7-15(13)22-16/h4-7,11-12,14,17H,2-3,8-10H2,1H3. The lowest BCUT2D eigenvalue weighted by Gasteiger charge is -2.14. The van der Waals surface area contributed by atoms with Gasteiger partial charge in [-0.2, -0.15) is 4.80 Å². The van der Waals surface area contributed by atoms with Gasteiger partial charge in [0.2, 0.25) is 0 Å². The van der Waals surface area contributed by atoms with Crippen molar-refractivity contribution in [1.82, 2.24) is 25.5 Å². The molecule has 0 radical (unpaired) electrons. The van der Waals surface area contributed by atoms with E-state index in [4.69, 9.17) is 0 Å². The first-order chi connectivity index (χ1) is 10.9. The van der Waals surface area contributed by atoms with Crippen molar-refractivity contribution in [3.05, 3.63) is 41.5 Å². The number of hydrogen-bond donors (Lipinski definition) is 1. The highest BCUT2D eigenvalue weighted by Crippen LogP contribution is 2.32. The Kier molecular flexibility index (Phi) is 5.13. The Morgan fingerprint density at radius 3 is 2.95 bits per heavy atom. The lowest BCUT2D eigenvalue weighted by molar-refractivity contribution is 0.421. The van der Waals surface area contributed by atoms with Crippen molar-refractivity contribution in [2.24, 2.45) is 0 Å². The molecule has 1 N–H and O–H groups in total.